The van der Waals surface area contributed by atoms with Crippen molar-refractivity contribution >= 4 is 17.5 Å². The molecule has 0 spiro atoms. The monoisotopic (exact) mass is 413 g/mol. The first-order valence-electron chi connectivity index (χ1n) is 10.0. The minimum atomic E-state index is -0.337. The molecule has 1 saturated heterocycles. The number of morpholine rings is 1. The zero-order valence-corrected chi connectivity index (χ0v) is 17.7. The van der Waals surface area contributed by atoms with Crippen LogP contribution >= 0.6 is 0 Å². The lowest BCUT2D eigenvalue weighted by atomic mass is 9.88. The maximum absolute atomic E-state index is 12.8. The van der Waals surface area contributed by atoms with Gasteiger partial charge in [-0.3, -0.25) is 14.4 Å². The Morgan fingerprint density at radius 2 is 1.67 bits per heavy atom. The van der Waals surface area contributed by atoms with Gasteiger partial charge in [0.2, 0.25) is 29.0 Å². The number of ketones is 2. The van der Waals surface area contributed by atoms with Gasteiger partial charge in [0.15, 0.2) is 0 Å². The molecule has 30 heavy (non-hydrogen) atoms. The molecule has 1 aliphatic heterocycles. The Hall–Kier alpha value is -2.93. The van der Waals surface area contributed by atoms with E-state index in [0.29, 0.717) is 56.7 Å². The van der Waals surface area contributed by atoms with E-state index in [9.17, 15) is 14.4 Å². The smallest absolute Gasteiger partial charge is 0.228 e. The molecule has 3 rings (SSSR count). The van der Waals surface area contributed by atoms with Crippen molar-refractivity contribution < 1.29 is 28.6 Å². The van der Waals surface area contributed by atoms with E-state index < -0.39 is 0 Å². The molecule has 0 bridgehead atoms. The summed E-state index contributed by atoms with van der Waals surface area (Å²) in [6.07, 6.45) is 1.36. The van der Waals surface area contributed by atoms with Crippen molar-refractivity contribution in [3.63, 3.8) is 0 Å². The third-order valence-corrected chi connectivity index (χ3v) is 5.46. The third kappa shape index (κ3) is 4.62. The van der Waals surface area contributed by atoms with Crippen LogP contribution in [0.1, 0.15) is 24.5 Å². The molecule has 0 aromatic heterocycles. The third-order valence-electron chi connectivity index (χ3n) is 5.46. The van der Waals surface area contributed by atoms with Crippen molar-refractivity contribution in [3.8, 4) is 0 Å². The summed E-state index contributed by atoms with van der Waals surface area (Å²) in [5.41, 5.74) is 2.69. The van der Waals surface area contributed by atoms with E-state index in [4.69, 9.17) is 14.2 Å². The number of aryl methyl sites for hydroxylation is 1. The second kappa shape index (κ2) is 9.71. The van der Waals surface area contributed by atoms with Gasteiger partial charge in [-0.1, -0.05) is 24.3 Å². The standard InChI is InChI=1S/C23H27NO6/c1-15-18(21(27)23(29-3)22(28-2)20(15)26)14-17-6-4-5-16(13-17)7-8-19(25)24-9-11-30-12-10-24/h4-6,13H,7-12,14H2,1-3H3. The second-order valence-electron chi connectivity index (χ2n) is 7.32. The van der Waals surface area contributed by atoms with E-state index >= 15 is 0 Å². The fourth-order valence-corrected chi connectivity index (χ4v) is 3.73. The average molecular weight is 413 g/mol. The number of Topliss-reactive ketones (excluding diaryl/α,β-unsaturated/α-hetero) is 2. The van der Waals surface area contributed by atoms with Crippen molar-refractivity contribution in [1.29, 1.82) is 0 Å². The Bertz CT molecular complexity index is 908. The molecule has 1 fully saturated rings. The molecule has 1 aromatic rings. The fraction of sp³-hybridized carbons (Fsp3) is 0.435. The molecule has 1 aromatic carbocycles. The van der Waals surface area contributed by atoms with Gasteiger partial charge in [-0.15, -0.1) is 0 Å². The molecule has 1 amide bonds. The van der Waals surface area contributed by atoms with E-state index in [1.807, 2.05) is 29.2 Å². The van der Waals surface area contributed by atoms with Crippen LogP contribution in [-0.2, 0) is 41.4 Å². The number of hydrogen-bond acceptors (Lipinski definition) is 6. The quantitative estimate of drug-likeness (QED) is 0.636. The van der Waals surface area contributed by atoms with Crippen molar-refractivity contribution in [2.45, 2.75) is 26.2 Å². The summed E-state index contributed by atoms with van der Waals surface area (Å²) in [6, 6.07) is 7.76. The zero-order chi connectivity index (χ0) is 21.7. The molecular weight excluding hydrogens is 386 g/mol. The molecule has 160 valence electrons. The first-order chi connectivity index (χ1) is 14.5. The SMILES string of the molecule is COC1=C(OC)C(=O)C(Cc2cccc(CCC(=O)N3CCOCC3)c2)=C(C)C1=O. The van der Waals surface area contributed by atoms with Crippen LogP contribution in [0.25, 0.3) is 0 Å². The van der Waals surface area contributed by atoms with Crippen LogP contribution in [0.2, 0.25) is 0 Å². The highest BCUT2D eigenvalue weighted by Gasteiger charge is 2.34. The predicted octanol–water partition coefficient (Wildman–Crippen LogP) is 1.99. The van der Waals surface area contributed by atoms with Crippen molar-refractivity contribution in [3.05, 3.63) is 58.1 Å². The minimum absolute atomic E-state index is 0.0564. The van der Waals surface area contributed by atoms with E-state index in [1.165, 1.54) is 14.2 Å². The molecule has 7 heteroatoms. The molecule has 2 aliphatic rings. The summed E-state index contributed by atoms with van der Waals surface area (Å²) in [4.78, 5) is 39.6. The van der Waals surface area contributed by atoms with Crippen LogP contribution in [0, 0.1) is 0 Å². The fourth-order valence-electron chi connectivity index (χ4n) is 3.73. The molecule has 0 unspecified atom stereocenters. The normalized spacial score (nSPS) is 17.5. The summed E-state index contributed by atoms with van der Waals surface area (Å²) in [7, 11) is 2.70. The van der Waals surface area contributed by atoms with E-state index in [2.05, 4.69) is 0 Å². The van der Waals surface area contributed by atoms with Crippen molar-refractivity contribution in [2.75, 3.05) is 40.5 Å². The largest absolute Gasteiger partial charge is 0.489 e. The zero-order valence-electron chi connectivity index (χ0n) is 17.7. The van der Waals surface area contributed by atoms with Crippen LogP contribution in [-0.4, -0.2) is 62.9 Å². The summed E-state index contributed by atoms with van der Waals surface area (Å²) in [5, 5.41) is 0. The molecule has 0 atom stereocenters. The van der Waals surface area contributed by atoms with E-state index in [-0.39, 0.29) is 29.0 Å². The maximum Gasteiger partial charge on any atom is 0.228 e. The molecule has 0 radical (unpaired) electrons. The molecular formula is C23H27NO6. The van der Waals surface area contributed by atoms with Crippen LogP contribution in [0.15, 0.2) is 46.9 Å². The Labute approximate surface area is 176 Å². The van der Waals surface area contributed by atoms with Gasteiger partial charge in [0.25, 0.3) is 0 Å². The van der Waals surface area contributed by atoms with Gasteiger partial charge in [0.05, 0.1) is 27.4 Å². The highest BCUT2D eigenvalue weighted by atomic mass is 16.5. The van der Waals surface area contributed by atoms with Crippen molar-refractivity contribution in [2.24, 2.45) is 0 Å². The molecule has 0 saturated carbocycles. The van der Waals surface area contributed by atoms with E-state index in [0.717, 1.165) is 11.1 Å². The first kappa shape index (κ1) is 21.8. The molecule has 7 nitrogen and oxygen atoms in total. The number of amides is 1. The molecule has 1 heterocycles. The molecule has 0 N–H and O–H groups in total. The number of methoxy groups -OCH3 is 2. The topological polar surface area (TPSA) is 82.1 Å². The predicted molar refractivity (Wildman–Crippen MR) is 110 cm³/mol. The number of rotatable bonds is 7. The summed E-state index contributed by atoms with van der Waals surface area (Å²) >= 11 is 0. The van der Waals surface area contributed by atoms with Crippen LogP contribution in [0.4, 0.5) is 0 Å². The first-order valence-corrected chi connectivity index (χ1v) is 10.0. The Morgan fingerprint density at radius 1 is 1.03 bits per heavy atom. The average Bonchev–Trinajstić information content (AvgIpc) is 2.78. The second-order valence-corrected chi connectivity index (χ2v) is 7.32. The lowest BCUT2D eigenvalue weighted by Crippen LogP contribution is -2.40. The minimum Gasteiger partial charge on any atom is -0.489 e. The van der Waals surface area contributed by atoms with Crippen LogP contribution in [0.5, 0.6) is 0 Å². The summed E-state index contributed by atoms with van der Waals surface area (Å²) < 4.78 is 15.5. The highest BCUT2D eigenvalue weighted by molar-refractivity contribution is 6.23. The molecule has 1 aliphatic carbocycles. The number of hydrogen-bond donors (Lipinski definition) is 0. The van der Waals surface area contributed by atoms with Crippen LogP contribution in [0.3, 0.4) is 0 Å². The van der Waals surface area contributed by atoms with Gasteiger partial charge >= 0.3 is 0 Å². The Morgan fingerprint density at radius 3 is 2.33 bits per heavy atom. The van der Waals surface area contributed by atoms with Gasteiger partial charge in [-0.2, -0.15) is 0 Å². The Kier molecular flexibility index (Phi) is 7.05. The Balaban J connectivity index is 1.70. The van der Waals surface area contributed by atoms with Gasteiger partial charge in [-0.05, 0) is 24.5 Å². The number of carbonyl (C=O) groups excluding carboxylic acids is 3. The van der Waals surface area contributed by atoms with Crippen LogP contribution < -0.4 is 0 Å². The summed E-state index contributed by atoms with van der Waals surface area (Å²) in [6.45, 7) is 4.09. The highest BCUT2D eigenvalue weighted by Crippen LogP contribution is 2.28. The lowest BCUT2D eigenvalue weighted by molar-refractivity contribution is -0.135. The van der Waals surface area contributed by atoms with Crippen molar-refractivity contribution in [1.82, 2.24) is 4.90 Å². The van der Waals surface area contributed by atoms with Gasteiger partial charge in [0, 0.05) is 37.1 Å². The van der Waals surface area contributed by atoms with E-state index in [1.54, 1.807) is 6.92 Å². The number of nitrogens with zero attached hydrogens (tertiary/aromatic N) is 1. The number of benzene rings is 1. The number of allylic oxidation sites excluding steroid dienone is 2. The van der Waals surface area contributed by atoms with Gasteiger partial charge < -0.3 is 19.1 Å². The van der Waals surface area contributed by atoms with Gasteiger partial charge in [-0.25, -0.2) is 0 Å². The maximum atomic E-state index is 12.8. The lowest BCUT2D eigenvalue weighted by Gasteiger charge is -2.26. The number of ether oxygens (including phenoxy) is 3. The van der Waals surface area contributed by atoms with Gasteiger partial charge in [0.1, 0.15) is 0 Å². The summed E-state index contributed by atoms with van der Waals surface area (Å²) in [5.74, 6) is -0.665. The number of carbonyl (C=O) groups is 3.